The fourth-order valence-electron chi connectivity index (χ4n) is 4.09. The molecular formula is C30H22FNO4. The monoisotopic (exact) mass is 479 g/mol. The Balaban J connectivity index is 1.49. The van der Waals surface area contributed by atoms with Crippen LogP contribution in [-0.4, -0.2) is 19.0 Å². The van der Waals surface area contributed by atoms with Gasteiger partial charge in [0.2, 0.25) is 0 Å². The number of rotatable bonds is 5. The van der Waals surface area contributed by atoms with Crippen molar-refractivity contribution in [1.29, 1.82) is 0 Å². The summed E-state index contributed by atoms with van der Waals surface area (Å²) in [6.45, 7) is 1.67. The Kier molecular flexibility index (Phi) is 6.09. The molecule has 0 bridgehead atoms. The van der Waals surface area contributed by atoms with Crippen LogP contribution in [0.25, 0.3) is 23.1 Å². The van der Waals surface area contributed by atoms with Gasteiger partial charge in [-0.25, -0.2) is 9.18 Å². The SMILES string of the molecule is COC(=O)c1ccc(-c2ccc(/C=C3\C=C(c4ccccc4)N(c4ccc(F)c(C)c4)C3=O)o2)cc1. The van der Waals surface area contributed by atoms with Crippen LogP contribution in [0.3, 0.4) is 0 Å². The quantitative estimate of drug-likeness (QED) is 0.237. The van der Waals surface area contributed by atoms with Crippen LogP contribution in [0, 0.1) is 12.7 Å². The van der Waals surface area contributed by atoms with Gasteiger partial charge < -0.3 is 9.15 Å². The van der Waals surface area contributed by atoms with E-state index in [-0.39, 0.29) is 11.7 Å². The molecule has 1 amide bonds. The molecule has 6 heteroatoms. The number of ether oxygens (including phenoxy) is 1. The van der Waals surface area contributed by atoms with Gasteiger partial charge in [0.15, 0.2) is 0 Å². The molecule has 0 fully saturated rings. The summed E-state index contributed by atoms with van der Waals surface area (Å²) in [7, 11) is 1.34. The van der Waals surface area contributed by atoms with Crippen molar-refractivity contribution in [3.05, 3.63) is 125 Å². The van der Waals surface area contributed by atoms with E-state index in [1.807, 2.05) is 42.5 Å². The van der Waals surface area contributed by atoms with E-state index in [1.165, 1.54) is 13.2 Å². The van der Waals surface area contributed by atoms with Gasteiger partial charge in [-0.15, -0.1) is 0 Å². The molecule has 0 atom stereocenters. The van der Waals surface area contributed by atoms with Crippen LogP contribution in [0.4, 0.5) is 10.1 Å². The third-order valence-corrected chi connectivity index (χ3v) is 5.97. The van der Waals surface area contributed by atoms with Crippen LogP contribution in [0.15, 0.2) is 101 Å². The second-order valence-electron chi connectivity index (χ2n) is 8.34. The van der Waals surface area contributed by atoms with Gasteiger partial charge in [0.25, 0.3) is 5.91 Å². The molecule has 0 unspecified atom stereocenters. The van der Waals surface area contributed by atoms with Gasteiger partial charge in [-0.1, -0.05) is 42.5 Å². The molecule has 1 aromatic heterocycles. The van der Waals surface area contributed by atoms with Gasteiger partial charge in [-0.2, -0.15) is 0 Å². The maximum absolute atomic E-state index is 13.9. The number of hydrogen-bond acceptors (Lipinski definition) is 4. The standard InChI is InChI=1S/C30H22FNO4/c1-19-16-24(12-14-26(19)31)32-27(20-6-4-3-5-7-20)18-23(29(32)33)17-25-13-15-28(36-25)21-8-10-22(11-9-21)30(34)35-2/h3-18H,1-2H3/b23-17+. The minimum atomic E-state index is -0.409. The molecule has 1 aliphatic rings. The predicted octanol–water partition coefficient (Wildman–Crippen LogP) is 6.65. The number of aryl methyl sites for hydroxylation is 1. The van der Waals surface area contributed by atoms with E-state index in [4.69, 9.17) is 9.15 Å². The van der Waals surface area contributed by atoms with E-state index < -0.39 is 5.97 Å². The Morgan fingerprint density at radius 3 is 2.39 bits per heavy atom. The van der Waals surface area contributed by atoms with E-state index in [2.05, 4.69) is 0 Å². The van der Waals surface area contributed by atoms with Crippen molar-refractivity contribution < 1.29 is 23.1 Å². The second-order valence-corrected chi connectivity index (χ2v) is 8.34. The molecule has 5 rings (SSSR count). The molecule has 0 radical (unpaired) electrons. The number of furan rings is 1. The molecule has 178 valence electrons. The number of halogens is 1. The number of nitrogens with zero attached hydrogens (tertiary/aromatic N) is 1. The molecular weight excluding hydrogens is 457 g/mol. The number of benzene rings is 3. The van der Waals surface area contributed by atoms with E-state index >= 15 is 0 Å². The van der Waals surface area contributed by atoms with Gasteiger partial charge in [-0.3, -0.25) is 9.69 Å². The van der Waals surface area contributed by atoms with Gasteiger partial charge in [0, 0.05) is 16.8 Å². The zero-order valence-corrected chi connectivity index (χ0v) is 19.7. The zero-order chi connectivity index (χ0) is 25.2. The normalized spacial score (nSPS) is 14.3. The van der Waals surface area contributed by atoms with Crippen LogP contribution >= 0.6 is 0 Å². The summed E-state index contributed by atoms with van der Waals surface area (Å²) in [6.07, 6.45) is 3.50. The summed E-state index contributed by atoms with van der Waals surface area (Å²) in [5, 5.41) is 0. The molecule has 1 aliphatic heterocycles. The average Bonchev–Trinajstić information content (AvgIpc) is 3.51. The van der Waals surface area contributed by atoms with E-state index in [0.717, 1.165) is 11.1 Å². The van der Waals surface area contributed by atoms with E-state index in [1.54, 1.807) is 60.4 Å². The highest BCUT2D eigenvalue weighted by atomic mass is 19.1. The Hall–Kier alpha value is -4.71. The number of esters is 1. The van der Waals surface area contributed by atoms with E-state index in [0.29, 0.717) is 39.6 Å². The Labute approximate surface area is 207 Å². The molecule has 2 heterocycles. The zero-order valence-electron chi connectivity index (χ0n) is 19.7. The summed E-state index contributed by atoms with van der Waals surface area (Å²) in [5.41, 5.74) is 4.28. The third-order valence-electron chi connectivity index (χ3n) is 5.97. The first-order valence-electron chi connectivity index (χ1n) is 11.3. The summed E-state index contributed by atoms with van der Waals surface area (Å²) in [5.74, 6) is 0.135. The lowest BCUT2D eigenvalue weighted by atomic mass is 10.1. The van der Waals surface area contributed by atoms with Crippen LogP contribution in [0.2, 0.25) is 0 Å². The molecule has 0 N–H and O–H groups in total. The van der Waals surface area contributed by atoms with Crippen molar-refractivity contribution >= 4 is 29.3 Å². The second kappa shape index (κ2) is 9.50. The number of amides is 1. The van der Waals surface area contributed by atoms with Crippen molar-refractivity contribution in [2.75, 3.05) is 12.0 Å². The Morgan fingerprint density at radius 2 is 1.69 bits per heavy atom. The minimum Gasteiger partial charge on any atom is -0.465 e. The van der Waals surface area contributed by atoms with Crippen molar-refractivity contribution in [1.82, 2.24) is 0 Å². The first-order valence-corrected chi connectivity index (χ1v) is 11.3. The molecule has 0 aliphatic carbocycles. The topological polar surface area (TPSA) is 59.8 Å². The van der Waals surface area contributed by atoms with Gasteiger partial charge in [0.1, 0.15) is 17.3 Å². The van der Waals surface area contributed by atoms with Crippen LogP contribution in [-0.2, 0) is 9.53 Å². The van der Waals surface area contributed by atoms with E-state index in [9.17, 15) is 14.0 Å². The van der Waals surface area contributed by atoms with Crippen molar-refractivity contribution in [3.8, 4) is 11.3 Å². The molecule has 0 saturated carbocycles. The molecule has 36 heavy (non-hydrogen) atoms. The van der Waals surface area contributed by atoms with Crippen molar-refractivity contribution in [2.24, 2.45) is 0 Å². The largest absolute Gasteiger partial charge is 0.465 e. The number of hydrogen-bond donors (Lipinski definition) is 0. The summed E-state index contributed by atoms with van der Waals surface area (Å²) in [6, 6.07) is 24.7. The fourth-order valence-corrected chi connectivity index (χ4v) is 4.09. The minimum absolute atomic E-state index is 0.236. The lowest BCUT2D eigenvalue weighted by Gasteiger charge is -2.21. The van der Waals surface area contributed by atoms with Crippen LogP contribution < -0.4 is 4.90 Å². The van der Waals surface area contributed by atoms with Gasteiger partial charge in [-0.05, 0) is 72.7 Å². The smallest absolute Gasteiger partial charge is 0.337 e. The molecule has 0 spiro atoms. The van der Waals surface area contributed by atoms with Crippen LogP contribution in [0.1, 0.15) is 27.2 Å². The number of methoxy groups -OCH3 is 1. The van der Waals surface area contributed by atoms with Gasteiger partial charge in [0.05, 0.1) is 18.4 Å². The highest BCUT2D eigenvalue weighted by molar-refractivity contribution is 6.23. The first kappa shape index (κ1) is 23.1. The number of anilines is 1. The Morgan fingerprint density at radius 1 is 0.944 bits per heavy atom. The molecule has 3 aromatic carbocycles. The fraction of sp³-hybridized carbons (Fsp3) is 0.0667. The molecule has 4 aromatic rings. The summed E-state index contributed by atoms with van der Waals surface area (Å²) in [4.78, 5) is 26.8. The lowest BCUT2D eigenvalue weighted by molar-refractivity contribution is -0.113. The average molecular weight is 480 g/mol. The lowest BCUT2D eigenvalue weighted by Crippen LogP contribution is -2.25. The number of carbonyl (C=O) groups is 2. The first-order chi connectivity index (χ1) is 17.4. The maximum Gasteiger partial charge on any atom is 0.337 e. The predicted molar refractivity (Wildman–Crippen MR) is 137 cm³/mol. The Bertz CT molecular complexity index is 1510. The third kappa shape index (κ3) is 4.36. The highest BCUT2D eigenvalue weighted by Crippen LogP contribution is 2.36. The van der Waals surface area contributed by atoms with Crippen molar-refractivity contribution in [3.63, 3.8) is 0 Å². The van der Waals surface area contributed by atoms with Crippen LogP contribution in [0.5, 0.6) is 0 Å². The summed E-state index contributed by atoms with van der Waals surface area (Å²) < 4.78 is 24.6. The maximum atomic E-state index is 13.9. The van der Waals surface area contributed by atoms with Crippen molar-refractivity contribution in [2.45, 2.75) is 6.92 Å². The number of carbonyl (C=O) groups excluding carboxylic acids is 2. The van der Waals surface area contributed by atoms with Gasteiger partial charge >= 0.3 is 5.97 Å². The highest BCUT2D eigenvalue weighted by Gasteiger charge is 2.31. The summed E-state index contributed by atoms with van der Waals surface area (Å²) >= 11 is 0. The molecule has 0 saturated heterocycles. The molecule has 5 nitrogen and oxygen atoms in total.